The minimum atomic E-state index is -4.43. The average Bonchev–Trinajstić information content (AvgIpc) is 2.61. The number of hydrogen-bond donors (Lipinski definition) is 1. The molecule has 3 nitrogen and oxygen atoms in total. The number of allylic oxidation sites excluding steroid dienone is 1. The first-order valence-corrected chi connectivity index (χ1v) is 9.36. The minimum absolute atomic E-state index is 0.173. The Morgan fingerprint density at radius 3 is 2.50 bits per heavy atom. The van der Waals surface area contributed by atoms with Gasteiger partial charge >= 0.3 is 6.18 Å². The van der Waals surface area contributed by atoms with Gasteiger partial charge < -0.3 is 4.72 Å². The van der Waals surface area contributed by atoms with Crippen LogP contribution in [0.15, 0.2) is 51.5 Å². The van der Waals surface area contributed by atoms with Crippen molar-refractivity contribution in [1.82, 2.24) is 4.72 Å². The van der Waals surface area contributed by atoms with Crippen molar-refractivity contribution in [2.45, 2.75) is 50.1 Å². The van der Waals surface area contributed by atoms with E-state index in [2.05, 4.69) is 14.1 Å². The van der Waals surface area contributed by atoms with Crippen LogP contribution in [0.5, 0.6) is 0 Å². The number of amidine groups is 1. The van der Waals surface area contributed by atoms with Crippen LogP contribution in [0.25, 0.3) is 0 Å². The molecule has 0 spiro atoms. The lowest BCUT2D eigenvalue weighted by Gasteiger charge is -2.28. The molecule has 1 atom stereocenters. The summed E-state index contributed by atoms with van der Waals surface area (Å²) in [5.41, 5.74) is 0.149. The first kappa shape index (κ1) is 17.2. The lowest BCUT2D eigenvalue weighted by molar-refractivity contribution is -0.0920. The molecule has 2 aliphatic rings. The zero-order valence-electron chi connectivity index (χ0n) is 13.2. The van der Waals surface area contributed by atoms with Crippen molar-refractivity contribution in [2.75, 3.05) is 0 Å². The molecule has 1 fully saturated rings. The lowest BCUT2D eigenvalue weighted by atomic mass is 10.0. The Labute approximate surface area is 142 Å². The molecule has 1 aromatic carbocycles. The molecule has 1 saturated carbocycles. The zero-order valence-corrected chi connectivity index (χ0v) is 14.0. The predicted molar refractivity (Wildman–Crippen MR) is 91.5 cm³/mol. The Morgan fingerprint density at radius 1 is 1.12 bits per heavy atom. The molecule has 1 N–H and O–H groups in total. The number of benzene rings is 1. The molecule has 3 rings (SSSR count). The standard InChI is InChI=1S/C17H20F3N3S/c18-17(19,20)15-11-16(21-12-13-7-3-1-4-8-13)23-24(22-15)14-9-5-2-6-10-14/h1,3-4,7-8,11,14H,2,5-6,9-10,12H2,(H,21,22,23). The van der Waals surface area contributed by atoms with E-state index in [1.807, 2.05) is 30.3 Å². The number of nitrogens with zero attached hydrogens (tertiary/aromatic N) is 2. The Balaban J connectivity index is 1.82. The topological polar surface area (TPSA) is 36.8 Å². The van der Waals surface area contributed by atoms with Gasteiger partial charge in [-0.25, -0.2) is 4.36 Å². The van der Waals surface area contributed by atoms with Crippen LogP contribution >= 0.6 is 0 Å². The molecule has 130 valence electrons. The maximum atomic E-state index is 13.2. The van der Waals surface area contributed by atoms with Crippen molar-refractivity contribution < 1.29 is 13.2 Å². The van der Waals surface area contributed by atoms with Crippen LogP contribution in [-0.2, 0) is 17.4 Å². The van der Waals surface area contributed by atoms with E-state index in [1.54, 1.807) is 0 Å². The lowest BCUT2D eigenvalue weighted by Crippen LogP contribution is -2.37. The molecule has 0 bridgehead atoms. The highest BCUT2D eigenvalue weighted by molar-refractivity contribution is 7.86. The molecular weight excluding hydrogens is 335 g/mol. The van der Waals surface area contributed by atoms with E-state index in [0.717, 1.165) is 43.7 Å². The van der Waals surface area contributed by atoms with Crippen molar-refractivity contribution >= 4 is 16.7 Å². The van der Waals surface area contributed by atoms with Crippen LogP contribution in [0.1, 0.15) is 37.7 Å². The van der Waals surface area contributed by atoms with Gasteiger partial charge in [-0.3, -0.25) is 4.99 Å². The molecule has 1 unspecified atom stereocenters. The summed E-state index contributed by atoms with van der Waals surface area (Å²) in [7, 11) is -0.840. The van der Waals surface area contributed by atoms with Crippen LogP contribution in [0.4, 0.5) is 13.2 Å². The summed E-state index contributed by atoms with van der Waals surface area (Å²) < 4.78 is 46.6. The molecule has 0 saturated heterocycles. The van der Waals surface area contributed by atoms with E-state index in [4.69, 9.17) is 0 Å². The number of nitrogens with one attached hydrogen (secondary N) is 1. The molecule has 24 heavy (non-hydrogen) atoms. The van der Waals surface area contributed by atoms with Gasteiger partial charge in [-0.05, 0) is 18.4 Å². The third-order valence-corrected chi connectivity index (χ3v) is 6.03. The second kappa shape index (κ2) is 7.51. The van der Waals surface area contributed by atoms with Gasteiger partial charge in [0.05, 0.1) is 6.54 Å². The number of halogens is 3. The average molecular weight is 355 g/mol. The molecular formula is C17H20F3N3S. The van der Waals surface area contributed by atoms with Crippen molar-refractivity contribution in [3.05, 3.63) is 47.7 Å². The smallest absolute Gasteiger partial charge is 0.306 e. The highest BCUT2D eigenvalue weighted by Crippen LogP contribution is 2.31. The maximum absolute atomic E-state index is 13.2. The zero-order chi connectivity index (χ0) is 17.0. The molecule has 1 aliphatic carbocycles. The van der Waals surface area contributed by atoms with Crippen LogP contribution in [-0.4, -0.2) is 17.3 Å². The highest BCUT2D eigenvalue weighted by Gasteiger charge is 2.37. The third-order valence-electron chi connectivity index (χ3n) is 4.11. The number of rotatable bonds is 3. The van der Waals surface area contributed by atoms with Gasteiger partial charge in [0.1, 0.15) is 5.84 Å². The molecule has 1 aromatic rings. The Bertz CT molecular complexity index is 659. The van der Waals surface area contributed by atoms with E-state index < -0.39 is 22.8 Å². The maximum Gasteiger partial charge on any atom is 0.434 e. The van der Waals surface area contributed by atoms with Crippen LogP contribution in [0, 0.1) is 0 Å². The Hall–Kier alpha value is -1.63. The summed E-state index contributed by atoms with van der Waals surface area (Å²) >= 11 is 0. The van der Waals surface area contributed by atoms with Gasteiger partial charge in [0.25, 0.3) is 0 Å². The second-order valence-electron chi connectivity index (χ2n) is 5.98. The Kier molecular flexibility index (Phi) is 5.38. The van der Waals surface area contributed by atoms with Gasteiger partial charge in [-0.1, -0.05) is 49.6 Å². The van der Waals surface area contributed by atoms with Crippen molar-refractivity contribution in [2.24, 2.45) is 9.36 Å². The van der Waals surface area contributed by atoms with Crippen molar-refractivity contribution in [1.29, 1.82) is 0 Å². The molecule has 0 radical (unpaired) electrons. The summed E-state index contributed by atoms with van der Waals surface area (Å²) in [5, 5.41) is 0.173. The van der Waals surface area contributed by atoms with E-state index in [-0.39, 0.29) is 11.1 Å². The summed E-state index contributed by atoms with van der Waals surface area (Å²) in [6.07, 6.45) is 1.72. The van der Waals surface area contributed by atoms with Gasteiger partial charge in [0.2, 0.25) is 0 Å². The van der Waals surface area contributed by atoms with Crippen LogP contribution < -0.4 is 4.72 Å². The van der Waals surface area contributed by atoms with Gasteiger partial charge in [-0.15, -0.1) is 0 Å². The van der Waals surface area contributed by atoms with Crippen LogP contribution in [0.3, 0.4) is 0 Å². The number of hydrogen-bond acceptors (Lipinski definition) is 2. The first-order valence-electron chi connectivity index (χ1n) is 8.11. The molecule has 0 amide bonds. The summed E-state index contributed by atoms with van der Waals surface area (Å²) in [6.45, 7) is 0.354. The summed E-state index contributed by atoms with van der Waals surface area (Å²) in [5.74, 6) is 0.287. The van der Waals surface area contributed by atoms with Crippen molar-refractivity contribution in [3.63, 3.8) is 0 Å². The summed E-state index contributed by atoms with van der Waals surface area (Å²) in [6, 6.07) is 9.50. The highest BCUT2D eigenvalue weighted by atomic mass is 32.2. The molecule has 7 heteroatoms. The van der Waals surface area contributed by atoms with Gasteiger partial charge in [0, 0.05) is 22.2 Å². The number of alkyl halides is 3. The number of aliphatic imine (C=N–C) groups is 1. The van der Waals surface area contributed by atoms with Gasteiger partial charge in [0.15, 0.2) is 5.70 Å². The molecule has 1 aliphatic heterocycles. The van der Waals surface area contributed by atoms with Crippen molar-refractivity contribution in [3.8, 4) is 0 Å². The predicted octanol–water partition coefficient (Wildman–Crippen LogP) is 4.68. The quantitative estimate of drug-likeness (QED) is 0.839. The normalized spacial score (nSPS) is 24.2. The monoisotopic (exact) mass is 355 g/mol. The summed E-state index contributed by atoms with van der Waals surface area (Å²) in [4.78, 5) is 4.34. The van der Waals surface area contributed by atoms with E-state index in [1.165, 1.54) is 0 Å². The SMILES string of the molecule is FC(F)(F)C1=CC(=NCc2ccccc2)NS(C2CCCCC2)=N1. The van der Waals surface area contributed by atoms with E-state index in [0.29, 0.717) is 6.54 Å². The second-order valence-corrected chi connectivity index (χ2v) is 7.66. The third kappa shape index (κ3) is 4.47. The molecule has 1 heterocycles. The van der Waals surface area contributed by atoms with Crippen LogP contribution in [0.2, 0.25) is 0 Å². The fourth-order valence-electron chi connectivity index (χ4n) is 2.84. The Morgan fingerprint density at radius 2 is 1.83 bits per heavy atom. The largest absolute Gasteiger partial charge is 0.434 e. The fourth-order valence-corrected chi connectivity index (χ4v) is 4.69. The fraction of sp³-hybridized carbons (Fsp3) is 0.471. The minimum Gasteiger partial charge on any atom is -0.306 e. The molecule has 0 aromatic heterocycles. The van der Waals surface area contributed by atoms with E-state index >= 15 is 0 Å². The van der Waals surface area contributed by atoms with E-state index in [9.17, 15) is 13.2 Å². The first-order chi connectivity index (χ1) is 11.5. The van der Waals surface area contributed by atoms with Gasteiger partial charge in [-0.2, -0.15) is 13.2 Å².